The maximum absolute atomic E-state index is 11.8. The van der Waals surface area contributed by atoms with Crippen molar-refractivity contribution < 1.29 is 13.2 Å². The van der Waals surface area contributed by atoms with Crippen molar-refractivity contribution >= 4 is 32.9 Å². The number of nitrogens with one attached hydrogen (secondary N) is 2. The first-order chi connectivity index (χ1) is 10.3. The summed E-state index contributed by atoms with van der Waals surface area (Å²) in [6.07, 6.45) is 2.91. The van der Waals surface area contributed by atoms with Crippen LogP contribution in [0.3, 0.4) is 0 Å². The zero-order valence-corrected chi connectivity index (χ0v) is 13.9. The zero-order valence-electron chi connectivity index (χ0n) is 12.3. The van der Waals surface area contributed by atoms with Crippen molar-refractivity contribution in [2.75, 3.05) is 11.6 Å². The predicted molar refractivity (Wildman–Crippen MR) is 87.7 cm³/mol. The van der Waals surface area contributed by atoms with Gasteiger partial charge in [-0.25, -0.2) is 18.2 Å². The normalized spacial score (nSPS) is 11.2. The highest BCUT2D eigenvalue weighted by atomic mass is 32.2. The Labute approximate surface area is 133 Å². The van der Waals surface area contributed by atoms with Crippen molar-refractivity contribution in [3.05, 3.63) is 45.9 Å². The number of rotatable bonds is 5. The molecule has 0 aliphatic carbocycles. The second-order valence-corrected chi connectivity index (χ2v) is 8.38. The van der Waals surface area contributed by atoms with Crippen LogP contribution in [0.4, 0.5) is 10.5 Å². The molecule has 8 heteroatoms. The van der Waals surface area contributed by atoms with Crippen LogP contribution in [0.5, 0.6) is 0 Å². The highest BCUT2D eigenvalue weighted by molar-refractivity contribution is 7.89. The van der Waals surface area contributed by atoms with E-state index in [1.165, 1.54) is 17.6 Å². The van der Waals surface area contributed by atoms with Crippen molar-refractivity contribution in [3.63, 3.8) is 0 Å². The Hall–Kier alpha value is -1.93. The lowest BCUT2D eigenvalue weighted by Crippen LogP contribution is -2.27. The lowest BCUT2D eigenvalue weighted by molar-refractivity contribution is 0.252. The SMILES string of the molecule is Cc1ncc(CNC(=O)Nc2cccc(CS(C)(=O)=O)c2)s1. The summed E-state index contributed by atoms with van der Waals surface area (Å²) in [4.78, 5) is 16.9. The van der Waals surface area contributed by atoms with Gasteiger partial charge in [-0.1, -0.05) is 12.1 Å². The molecule has 0 saturated heterocycles. The Bertz CT molecular complexity index is 769. The first-order valence-corrected chi connectivity index (χ1v) is 9.42. The number of aryl methyl sites for hydroxylation is 1. The third kappa shape index (κ3) is 5.45. The molecular weight excluding hydrogens is 322 g/mol. The van der Waals surface area contributed by atoms with Gasteiger partial charge in [0.15, 0.2) is 9.84 Å². The van der Waals surface area contributed by atoms with Gasteiger partial charge in [0.2, 0.25) is 0 Å². The van der Waals surface area contributed by atoms with E-state index in [0.717, 1.165) is 9.88 Å². The average molecular weight is 339 g/mol. The van der Waals surface area contributed by atoms with Gasteiger partial charge < -0.3 is 10.6 Å². The summed E-state index contributed by atoms with van der Waals surface area (Å²) < 4.78 is 22.6. The molecule has 1 heterocycles. The number of thiazole rings is 1. The third-order valence-electron chi connectivity index (χ3n) is 2.71. The Morgan fingerprint density at radius 3 is 2.77 bits per heavy atom. The summed E-state index contributed by atoms with van der Waals surface area (Å²) >= 11 is 1.52. The molecule has 2 rings (SSSR count). The monoisotopic (exact) mass is 339 g/mol. The number of amides is 2. The van der Waals surface area contributed by atoms with Crippen LogP contribution in [0.15, 0.2) is 30.5 Å². The number of benzene rings is 1. The highest BCUT2D eigenvalue weighted by Crippen LogP contribution is 2.14. The molecule has 0 fully saturated rings. The maximum atomic E-state index is 11.8. The standard InChI is InChI=1S/C14H17N3O3S2/c1-10-15-7-13(21-10)8-16-14(18)17-12-5-3-4-11(6-12)9-22(2,19)20/h3-7H,8-9H2,1-2H3,(H2,16,17,18). The molecule has 0 aliphatic heterocycles. The largest absolute Gasteiger partial charge is 0.333 e. The Morgan fingerprint density at radius 2 is 2.14 bits per heavy atom. The van der Waals surface area contributed by atoms with Gasteiger partial charge in [0.05, 0.1) is 17.3 Å². The van der Waals surface area contributed by atoms with Crippen LogP contribution in [0.2, 0.25) is 0 Å². The molecule has 2 aromatic rings. The lowest BCUT2D eigenvalue weighted by atomic mass is 10.2. The van der Waals surface area contributed by atoms with Crippen molar-refractivity contribution in [2.45, 2.75) is 19.2 Å². The van der Waals surface area contributed by atoms with Gasteiger partial charge in [0, 0.05) is 23.0 Å². The van der Waals surface area contributed by atoms with Gasteiger partial charge in [-0.15, -0.1) is 11.3 Å². The topological polar surface area (TPSA) is 88.2 Å². The van der Waals surface area contributed by atoms with Crippen LogP contribution >= 0.6 is 11.3 Å². The summed E-state index contributed by atoms with van der Waals surface area (Å²) in [6.45, 7) is 2.31. The third-order valence-corrected chi connectivity index (χ3v) is 4.48. The predicted octanol–water partition coefficient (Wildman–Crippen LogP) is 2.32. The number of anilines is 1. The molecule has 2 N–H and O–H groups in total. The van der Waals surface area contributed by atoms with Crippen molar-refractivity contribution in [3.8, 4) is 0 Å². The molecule has 0 unspecified atom stereocenters. The van der Waals surface area contributed by atoms with Gasteiger partial charge in [-0.05, 0) is 24.6 Å². The van der Waals surface area contributed by atoms with E-state index in [-0.39, 0.29) is 11.8 Å². The molecule has 0 atom stereocenters. The minimum atomic E-state index is -3.10. The summed E-state index contributed by atoms with van der Waals surface area (Å²) in [6, 6.07) is 6.44. The van der Waals surface area contributed by atoms with Crippen LogP contribution < -0.4 is 10.6 Å². The summed E-state index contributed by atoms with van der Waals surface area (Å²) in [5.41, 5.74) is 1.19. The molecule has 0 saturated carbocycles. The number of urea groups is 1. The fourth-order valence-electron chi connectivity index (χ4n) is 1.87. The molecule has 0 spiro atoms. The fraction of sp³-hybridized carbons (Fsp3) is 0.286. The number of hydrogen-bond acceptors (Lipinski definition) is 5. The molecule has 1 aromatic carbocycles. The minimum Gasteiger partial charge on any atom is -0.333 e. The second-order valence-electron chi connectivity index (χ2n) is 4.92. The molecule has 2 amide bonds. The Balaban J connectivity index is 1.92. The lowest BCUT2D eigenvalue weighted by Gasteiger charge is -2.08. The second kappa shape index (κ2) is 6.89. The number of carbonyl (C=O) groups excluding carboxylic acids is 1. The first-order valence-electron chi connectivity index (χ1n) is 6.55. The van der Waals surface area contributed by atoms with E-state index in [4.69, 9.17) is 0 Å². The fourth-order valence-corrected chi connectivity index (χ4v) is 3.39. The summed E-state index contributed by atoms with van der Waals surface area (Å²) in [5.74, 6) is -0.0513. The number of aromatic nitrogens is 1. The van der Waals surface area contributed by atoms with Gasteiger partial charge in [-0.2, -0.15) is 0 Å². The molecule has 0 aliphatic rings. The average Bonchev–Trinajstić information content (AvgIpc) is 2.81. The number of nitrogens with zero attached hydrogens (tertiary/aromatic N) is 1. The molecular formula is C14H17N3O3S2. The molecule has 22 heavy (non-hydrogen) atoms. The van der Waals surface area contributed by atoms with E-state index in [1.807, 2.05) is 6.92 Å². The first kappa shape index (κ1) is 16.4. The molecule has 1 aromatic heterocycles. The summed E-state index contributed by atoms with van der Waals surface area (Å²) in [7, 11) is -3.10. The maximum Gasteiger partial charge on any atom is 0.319 e. The molecule has 0 bridgehead atoms. The van der Waals surface area contributed by atoms with E-state index in [0.29, 0.717) is 17.8 Å². The van der Waals surface area contributed by atoms with Gasteiger partial charge in [0.25, 0.3) is 0 Å². The minimum absolute atomic E-state index is 0.0513. The van der Waals surface area contributed by atoms with Crippen LogP contribution in [-0.2, 0) is 22.1 Å². The van der Waals surface area contributed by atoms with E-state index in [1.54, 1.807) is 30.5 Å². The number of carbonyl (C=O) groups is 1. The van der Waals surface area contributed by atoms with Gasteiger partial charge in [-0.3, -0.25) is 0 Å². The van der Waals surface area contributed by atoms with E-state index in [2.05, 4.69) is 15.6 Å². The number of sulfone groups is 1. The highest BCUT2D eigenvalue weighted by Gasteiger charge is 2.07. The van der Waals surface area contributed by atoms with E-state index in [9.17, 15) is 13.2 Å². The Kier molecular flexibility index (Phi) is 5.15. The zero-order chi connectivity index (χ0) is 16.2. The van der Waals surface area contributed by atoms with E-state index < -0.39 is 9.84 Å². The van der Waals surface area contributed by atoms with Crippen LogP contribution in [0, 0.1) is 6.92 Å². The van der Waals surface area contributed by atoms with Gasteiger partial charge in [0.1, 0.15) is 0 Å². The number of hydrogen-bond donors (Lipinski definition) is 2. The van der Waals surface area contributed by atoms with Crippen molar-refractivity contribution in [2.24, 2.45) is 0 Å². The van der Waals surface area contributed by atoms with Crippen LogP contribution in [0.1, 0.15) is 15.4 Å². The van der Waals surface area contributed by atoms with Crippen molar-refractivity contribution in [1.29, 1.82) is 0 Å². The van der Waals surface area contributed by atoms with Crippen molar-refractivity contribution in [1.82, 2.24) is 10.3 Å². The Morgan fingerprint density at radius 1 is 1.36 bits per heavy atom. The molecule has 6 nitrogen and oxygen atoms in total. The molecule has 118 valence electrons. The smallest absolute Gasteiger partial charge is 0.319 e. The summed E-state index contributed by atoms with van der Waals surface area (Å²) in [5, 5.41) is 6.36. The molecule has 0 radical (unpaired) electrons. The van der Waals surface area contributed by atoms with E-state index >= 15 is 0 Å². The quantitative estimate of drug-likeness (QED) is 0.875. The van der Waals surface area contributed by atoms with Crippen LogP contribution in [-0.4, -0.2) is 25.7 Å². The van der Waals surface area contributed by atoms with Crippen LogP contribution in [0.25, 0.3) is 0 Å². The van der Waals surface area contributed by atoms with Gasteiger partial charge >= 0.3 is 6.03 Å².